The molecular formula is C21H26N6O2. The average molecular weight is 394 g/mol. The van der Waals surface area contributed by atoms with E-state index in [1.54, 1.807) is 4.68 Å². The lowest BCUT2D eigenvalue weighted by molar-refractivity contribution is 0.193. The highest BCUT2D eigenvalue weighted by atomic mass is 16.5. The highest BCUT2D eigenvalue weighted by Crippen LogP contribution is 2.28. The van der Waals surface area contributed by atoms with Crippen LogP contribution >= 0.6 is 0 Å². The number of nitrogens with one attached hydrogen (secondary N) is 1. The fourth-order valence-corrected chi connectivity index (χ4v) is 3.51. The molecule has 1 aliphatic heterocycles. The number of carbonyl (C=O) groups is 1. The fraction of sp³-hybridized carbons (Fsp3) is 0.429. The van der Waals surface area contributed by atoms with Gasteiger partial charge in [0.2, 0.25) is 5.89 Å². The second-order valence-corrected chi connectivity index (χ2v) is 7.76. The molecule has 152 valence electrons. The van der Waals surface area contributed by atoms with Gasteiger partial charge in [-0.2, -0.15) is 10.1 Å². The number of anilines is 1. The second-order valence-electron chi connectivity index (χ2n) is 7.76. The van der Waals surface area contributed by atoms with Crippen molar-refractivity contribution in [1.82, 2.24) is 24.8 Å². The minimum atomic E-state index is -0.101. The van der Waals surface area contributed by atoms with E-state index in [1.807, 2.05) is 62.2 Å². The van der Waals surface area contributed by atoms with E-state index in [9.17, 15) is 4.79 Å². The van der Waals surface area contributed by atoms with Gasteiger partial charge in [0.15, 0.2) is 5.82 Å². The lowest BCUT2D eigenvalue weighted by Crippen LogP contribution is -2.40. The Kier molecular flexibility index (Phi) is 5.33. The lowest BCUT2D eigenvalue weighted by Gasteiger charge is -2.30. The van der Waals surface area contributed by atoms with E-state index >= 15 is 0 Å². The molecule has 0 radical (unpaired) electrons. The summed E-state index contributed by atoms with van der Waals surface area (Å²) in [5, 5.41) is 11.6. The highest BCUT2D eigenvalue weighted by Gasteiger charge is 2.27. The number of urea groups is 1. The molecule has 0 bridgehead atoms. The van der Waals surface area contributed by atoms with Gasteiger partial charge in [-0.05, 0) is 38.0 Å². The number of likely N-dealkylation sites (tertiary alicyclic amines) is 1. The Morgan fingerprint density at radius 2 is 1.97 bits per heavy atom. The molecule has 1 saturated heterocycles. The zero-order valence-corrected chi connectivity index (χ0v) is 17.0. The van der Waals surface area contributed by atoms with E-state index in [1.165, 1.54) is 0 Å². The first kappa shape index (κ1) is 19.2. The Morgan fingerprint density at radius 1 is 1.21 bits per heavy atom. The number of aryl methyl sites for hydroxylation is 1. The molecule has 29 heavy (non-hydrogen) atoms. The van der Waals surface area contributed by atoms with Gasteiger partial charge in [0.05, 0.1) is 17.1 Å². The molecule has 0 aliphatic carbocycles. The largest absolute Gasteiger partial charge is 0.339 e. The maximum atomic E-state index is 12.8. The van der Waals surface area contributed by atoms with Crippen LogP contribution in [0.1, 0.15) is 55.9 Å². The Balaban J connectivity index is 1.39. The summed E-state index contributed by atoms with van der Waals surface area (Å²) in [6.45, 7) is 7.32. The molecule has 1 N–H and O–H groups in total. The minimum Gasteiger partial charge on any atom is -0.339 e. The number of piperidine rings is 1. The van der Waals surface area contributed by atoms with Crippen molar-refractivity contribution in [3.8, 4) is 5.69 Å². The highest BCUT2D eigenvalue weighted by molar-refractivity contribution is 5.91. The molecule has 2 amide bonds. The minimum absolute atomic E-state index is 0.101. The Labute approximate surface area is 169 Å². The van der Waals surface area contributed by atoms with Crippen molar-refractivity contribution in [2.75, 3.05) is 18.4 Å². The van der Waals surface area contributed by atoms with Crippen LogP contribution in [0.4, 0.5) is 10.5 Å². The van der Waals surface area contributed by atoms with Crippen LogP contribution in [-0.2, 0) is 0 Å². The number of rotatable bonds is 4. The molecule has 3 aromatic rings. The molecule has 8 heteroatoms. The zero-order valence-electron chi connectivity index (χ0n) is 17.0. The summed E-state index contributed by atoms with van der Waals surface area (Å²) in [5.74, 6) is 1.88. The van der Waals surface area contributed by atoms with Gasteiger partial charge in [-0.25, -0.2) is 9.48 Å². The van der Waals surface area contributed by atoms with Gasteiger partial charge in [-0.15, -0.1) is 0 Å². The monoisotopic (exact) mass is 394 g/mol. The van der Waals surface area contributed by atoms with Crippen molar-refractivity contribution in [1.29, 1.82) is 0 Å². The third-order valence-corrected chi connectivity index (χ3v) is 5.21. The molecule has 0 atom stereocenters. The number of para-hydroxylation sites is 2. The molecule has 0 spiro atoms. The number of carbonyl (C=O) groups excluding carboxylic acids is 1. The van der Waals surface area contributed by atoms with Crippen LogP contribution in [0, 0.1) is 6.92 Å². The third-order valence-electron chi connectivity index (χ3n) is 5.21. The van der Waals surface area contributed by atoms with Crippen LogP contribution in [0.3, 0.4) is 0 Å². The molecule has 2 aromatic heterocycles. The third kappa shape index (κ3) is 4.16. The Hall–Kier alpha value is -3.16. The van der Waals surface area contributed by atoms with Gasteiger partial charge in [-0.3, -0.25) is 0 Å². The molecule has 4 rings (SSSR count). The first-order chi connectivity index (χ1) is 14.0. The van der Waals surface area contributed by atoms with E-state index in [-0.39, 0.29) is 17.9 Å². The predicted molar refractivity (Wildman–Crippen MR) is 109 cm³/mol. The summed E-state index contributed by atoms with van der Waals surface area (Å²) < 4.78 is 7.10. The van der Waals surface area contributed by atoms with E-state index < -0.39 is 0 Å². The molecule has 0 unspecified atom stereocenters. The molecule has 3 heterocycles. The summed E-state index contributed by atoms with van der Waals surface area (Å²) >= 11 is 0. The van der Waals surface area contributed by atoms with Crippen molar-refractivity contribution in [2.45, 2.75) is 45.4 Å². The van der Waals surface area contributed by atoms with Crippen molar-refractivity contribution in [3.05, 3.63) is 53.9 Å². The van der Waals surface area contributed by atoms with Crippen LogP contribution in [0.25, 0.3) is 5.69 Å². The summed E-state index contributed by atoms with van der Waals surface area (Å²) in [6.07, 6.45) is 3.54. The number of hydrogen-bond acceptors (Lipinski definition) is 5. The van der Waals surface area contributed by atoms with Crippen LogP contribution in [0.15, 0.2) is 41.1 Å². The van der Waals surface area contributed by atoms with E-state index in [0.29, 0.717) is 19.0 Å². The molecule has 1 aromatic carbocycles. The van der Waals surface area contributed by atoms with Crippen LogP contribution in [0.5, 0.6) is 0 Å². The average Bonchev–Trinajstić information content (AvgIpc) is 3.38. The van der Waals surface area contributed by atoms with E-state index in [2.05, 4.69) is 20.6 Å². The van der Waals surface area contributed by atoms with Gasteiger partial charge in [0.25, 0.3) is 0 Å². The smallest absolute Gasteiger partial charge is 0.321 e. The van der Waals surface area contributed by atoms with Gasteiger partial charge in [-0.1, -0.05) is 31.1 Å². The number of hydrogen-bond donors (Lipinski definition) is 1. The van der Waals surface area contributed by atoms with E-state index in [4.69, 9.17) is 4.52 Å². The number of amides is 2. The topological polar surface area (TPSA) is 89.1 Å². The molecule has 8 nitrogen and oxygen atoms in total. The zero-order chi connectivity index (χ0) is 20.4. The summed E-state index contributed by atoms with van der Waals surface area (Å²) in [5.41, 5.74) is 2.51. The number of benzene rings is 1. The van der Waals surface area contributed by atoms with Crippen LogP contribution in [-0.4, -0.2) is 43.9 Å². The summed E-state index contributed by atoms with van der Waals surface area (Å²) in [7, 11) is 0. The SMILES string of the molecule is Cc1ccn(-c2ccccc2NC(=O)N2CCC(c3noc(C(C)C)n3)CC2)n1. The lowest BCUT2D eigenvalue weighted by atomic mass is 9.96. The molecule has 1 aliphatic rings. The molecular weight excluding hydrogens is 368 g/mol. The first-order valence-electron chi connectivity index (χ1n) is 10.0. The number of aromatic nitrogens is 4. The van der Waals surface area contributed by atoms with Crippen molar-refractivity contribution in [2.24, 2.45) is 0 Å². The normalized spacial score (nSPS) is 15.1. The van der Waals surface area contributed by atoms with Crippen molar-refractivity contribution >= 4 is 11.7 Å². The Bertz CT molecular complexity index is 984. The van der Waals surface area contributed by atoms with Crippen LogP contribution < -0.4 is 5.32 Å². The molecule has 0 saturated carbocycles. The maximum Gasteiger partial charge on any atom is 0.321 e. The maximum absolute atomic E-state index is 12.8. The van der Waals surface area contributed by atoms with Gasteiger partial charge >= 0.3 is 6.03 Å². The van der Waals surface area contributed by atoms with Gasteiger partial charge in [0.1, 0.15) is 0 Å². The van der Waals surface area contributed by atoms with Crippen molar-refractivity contribution in [3.63, 3.8) is 0 Å². The number of nitrogens with zero attached hydrogens (tertiary/aromatic N) is 5. The fourth-order valence-electron chi connectivity index (χ4n) is 3.51. The second kappa shape index (κ2) is 8.06. The van der Waals surface area contributed by atoms with E-state index in [0.717, 1.165) is 35.7 Å². The van der Waals surface area contributed by atoms with Gasteiger partial charge < -0.3 is 14.7 Å². The van der Waals surface area contributed by atoms with Gasteiger partial charge in [0, 0.05) is 31.1 Å². The standard InChI is InChI=1S/C21H26N6O2/c1-14(2)20-23-19(25-29-20)16-9-11-26(12-10-16)21(28)22-17-6-4-5-7-18(17)27-13-8-15(3)24-27/h4-8,13-14,16H,9-12H2,1-3H3,(H,22,28). The Morgan fingerprint density at radius 3 is 2.62 bits per heavy atom. The summed E-state index contributed by atoms with van der Waals surface area (Å²) in [4.78, 5) is 19.2. The summed E-state index contributed by atoms with van der Waals surface area (Å²) in [6, 6.07) is 9.51. The predicted octanol–water partition coefficient (Wildman–Crippen LogP) is 4.10. The quantitative estimate of drug-likeness (QED) is 0.720. The molecule has 1 fully saturated rings. The first-order valence-corrected chi connectivity index (χ1v) is 10.0. The van der Waals surface area contributed by atoms with Crippen LogP contribution in [0.2, 0.25) is 0 Å². The van der Waals surface area contributed by atoms with Crippen molar-refractivity contribution < 1.29 is 9.32 Å².